The Kier molecular flexibility index (Phi) is 11.3. The van der Waals surface area contributed by atoms with Gasteiger partial charge in [-0.2, -0.15) is 8.78 Å². The summed E-state index contributed by atoms with van der Waals surface area (Å²) in [5.74, 6) is -8.88. The molecule has 2 unspecified atom stereocenters. The molecule has 0 bridgehead atoms. The number of carbonyl (C=O) groups is 4. The number of alkyl carbamates (subject to hydrolysis) is 1. The molecule has 2 atom stereocenters. The van der Waals surface area contributed by atoms with Crippen molar-refractivity contribution < 1.29 is 32.7 Å². The second-order valence-corrected chi connectivity index (χ2v) is 10.0. The molecule has 41 heavy (non-hydrogen) atoms. The van der Waals surface area contributed by atoms with Gasteiger partial charge in [-0.05, 0) is 29.0 Å². The topological polar surface area (TPSA) is 102 Å². The summed E-state index contributed by atoms with van der Waals surface area (Å²) < 4.78 is 35.6. The summed E-state index contributed by atoms with van der Waals surface area (Å²) in [4.78, 5) is 51.4. The maximum absolute atomic E-state index is 15.2. The van der Waals surface area contributed by atoms with Gasteiger partial charge in [-0.1, -0.05) is 105 Å². The first-order valence-corrected chi connectivity index (χ1v) is 13.4. The van der Waals surface area contributed by atoms with E-state index in [2.05, 4.69) is 10.6 Å². The Morgan fingerprint density at radius 2 is 1.27 bits per heavy atom. The average molecular weight is 565 g/mol. The van der Waals surface area contributed by atoms with Crippen LogP contribution in [0.2, 0.25) is 0 Å². The molecule has 7 nitrogen and oxygen atoms in total. The normalized spacial score (nSPS) is 12.7. The maximum atomic E-state index is 15.2. The Hall–Kier alpha value is -4.40. The molecule has 0 saturated heterocycles. The number of carbonyl (C=O) groups excluding carboxylic acids is 4. The average Bonchev–Trinajstić information content (AvgIpc) is 2.98. The van der Waals surface area contributed by atoms with E-state index in [9.17, 15) is 19.2 Å². The maximum Gasteiger partial charge on any atom is 0.408 e. The van der Waals surface area contributed by atoms with E-state index in [1.807, 2.05) is 6.07 Å². The Bertz CT molecular complexity index is 1300. The number of nitrogens with one attached hydrogen (secondary N) is 2. The number of Topliss-reactive ketones (excluding diaryl/α,β-unsaturated/α-hetero) is 2. The lowest BCUT2D eigenvalue weighted by Gasteiger charge is -2.26. The highest BCUT2D eigenvalue weighted by Gasteiger charge is 2.49. The number of rotatable bonds is 14. The van der Waals surface area contributed by atoms with Gasteiger partial charge in [0.15, 0.2) is 0 Å². The Morgan fingerprint density at radius 1 is 0.756 bits per heavy atom. The Labute approximate surface area is 238 Å². The molecule has 0 aliphatic rings. The van der Waals surface area contributed by atoms with Crippen LogP contribution in [0.5, 0.6) is 0 Å². The zero-order valence-electron chi connectivity index (χ0n) is 23.0. The summed E-state index contributed by atoms with van der Waals surface area (Å²) in [6.45, 7) is 3.26. The van der Waals surface area contributed by atoms with Crippen LogP contribution in [0.3, 0.4) is 0 Å². The molecule has 0 fully saturated rings. The number of hydrogen-bond acceptors (Lipinski definition) is 5. The zero-order chi connectivity index (χ0) is 29.8. The van der Waals surface area contributed by atoms with E-state index in [0.717, 1.165) is 5.56 Å². The number of hydrogen-bond donors (Lipinski definition) is 2. The van der Waals surface area contributed by atoms with Crippen molar-refractivity contribution >= 4 is 23.6 Å². The lowest BCUT2D eigenvalue weighted by molar-refractivity contribution is -0.159. The minimum atomic E-state index is -4.32. The van der Waals surface area contributed by atoms with Crippen LogP contribution in [-0.2, 0) is 38.6 Å². The van der Waals surface area contributed by atoms with E-state index >= 15 is 8.78 Å². The lowest BCUT2D eigenvalue weighted by atomic mass is 9.93. The molecular formula is C32H34F2N2O5. The molecule has 0 aromatic heterocycles. The second kappa shape index (κ2) is 14.8. The van der Waals surface area contributed by atoms with Gasteiger partial charge >= 0.3 is 12.0 Å². The smallest absolute Gasteiger partial charge is 0.408 e. The fourth-order valence-corrected chi connectivity index (χ4v) is 4.16. The first-order valence-electron chi connectivity index (χ1n) is 13.4. The molecule has 0 heterocycles. The minimum absolute atomic E-state index is 0.0362. The largest absolute Gasteiger partial charge is 0.445 e. The Balaban J connectivity index is 1.73. The van der Waals surface area contributed by atoms with Gasteiger partial charge in [-0.25, -0.2) is 4.79 Å². The third kappa shape index (κ3) is 9.34. The first-order chi connectivity index (χ1) is 19.6. The first kappa shape index (κ1) is 31.1. The van der Waals surface area contributed by atoms with Gasteiger partial charge < -0.3 is 15.4 Å². The lowest BCUT2D eigenvalue weighted by Crippen LogP contribution is -2.57. The summed E-state index contributed by atoms with van der Waals surface area (Å²) >= 11 is 0. The van der Waals surface area contributed by atoms with E-state index in [4.69, 9.17) is 4.74 Å². The van der Waals surface area contributed by atoms with Gasteiger partial charge in [-0.15, -0.1) is 0 Å². The van der Waals surface area contributed by atoms with E-state index in [1.165, 1.54) is 0 Å². The highest BCUT2D eigenvalue weighted by Crippen LogP contribution is 2.23. The standard InChI is InChI=1S/C32H34F2N2O5/c1-22(2)28(36-31(40)41-21-25-16-10-5-11-17-25)30(39)35-26(20-24-14-8-4-9-15-24)29(38)32(33,34)27(37)19-18-23-12-6-3-7-13-23/h3-17,22,26,28H,18-21H2,1-2H3,(H,35,39)(H,36,40). The number of halogens is 2. The van der Waals surface area contributed by atoms with Crippen LogP contribution in [0.4, 0.5) is 13.6 Å². The van der Waals surface area contributed by atoms with Crippen molar-refractivity contribution in [3.05, 3.63) is 108 Å². The SMILES string of the molecule is CC(C)C(NC(=O)OCc1ccccc1)C(=O)NC(Cc1ccccc1)C(=O)C(F)(F)C(=O)CCc1ccccc1. The summed E-state index contributed by atoms with van der Waals surface area (Å²) in [6.07, 6.45) is -1.65. The van der Waals surface area contributed by atoms with Crippen LogP contribution in [0.25, 0.3) is 0 Å². The molecule has 3 aromatic rings. The molecule has 2 amide bonds. The van der Waals surface area contributed by atoms with Crippen molar-refractivity contribution in [1.82, 2.24) is 10.6 Å². The van der Waals surface area contributed by atoms with Crippen LogP contribution < -0.4 is 10.6 Å². The van der Waals surface area contributed by atoms with Crippen molar-refractivity contribution in [2.24, 2.45) is 5.92 Å². The molecular weight excluding hydrogens is 530 g/mol. The summed E-state index contributed by atoms with van der Waals surface area (Å²) in [7, 11) is 0. The molecule has 3 rings (SSSR count). The molecule has 0 aliphatic heterocycles. The van der Waals surface area contributed by atoms with Crippen LogP contribution in [0.1, 0.15) is 37.0 Å². The van der Waals surface area contributed by atoms with Crippen molar-refractivity contribution in [3.8, 4) is 0 Å². The highest BCUT2D eigenvalue weighted by molar-refractivity contribution is 6.11. The van der Waals surface area contributed by atoms with Gasteiger partial charge in [0.1, 0.15) is 12.6 Å². The van der Waals surface area contributed by atoms with Gasteiger partial charge in [0.25, 0.3) is 0 Å². The molecule has 9 heteroatoms. The zero-order valence-corrected chi connectivity index (χ0v) is 23.0. The predicted octanol–water partition coefficient (Wildman–Crippen LogP) is 5.07. The second-order valence-electron chi connectivity index (χ2n) is 10.0. The quantitative estimate of drug-likeness (QED) is 0.266. The highest BCUT2D eigenvalue weighted by atomic mass is 19.3. The molecule has 0 saturated carbocycles. The summed E-state index contributed by atoms with van der Waals surface area (Å²) in [5.41, 5.74) is 1.93. The number of amides is 2. The van der Waals surface area contributed by atoms with Gasteiger partial charge in [0, 0.05) is 12.8 Å². The van der Waals surface area contributed by atoms with Crippen molar-refractivity contribution in [1.29, 1.82) is 0 Å². The van der Waals surface area contributed by atoms with Crippen LogP contribution >= 0.6 is 0 Å². The van der Waals surface area contributed by atoms with Gasteiger partial charge in [0.05, 0.1) is 6.04 Å². The van der Waals surface area contributed by atoms with Crippen LogP contribution in [0, 0.1) is 5.92 Å². The summed E-state index contributed by atoms with van der Waals surface area (Å²) in [5, 5.41) is 4.83. The molecule has 216 valence electrons. The Morgan fingerprint density at radius 3 is 1.80 bits per heavy atom. The van der Waals surface area contributed by atoms with E-state index < -0.39 is 53.9 Å². The fourth-order valence-electron chi connectivity index (χ4n) is 4.16. The number of ketones is 2. The summed E-state index contributed by atoms with van der Waals surface area (Å²) in [6, 6.07) is 23.0. The van der Waals surface area contributed by atoms with Gasteiger partial charge in [0.2, 0.25) is 17.5 Å². The molecule has 3 aromatic carbocycles. The fraction of sp³-hybridized carbons (Fsp3) is 0.312. The van der Waals surface area contributed by atoms with E-state index in [-0.39, 0.29) is 19.4 Å². The van der Waals surface area contributed by atoms with Crippen molar-refractivity contribution in [3.63, 3.8) is 0 Å². The number of benzene rings is 3. The molecule has 2 N–H and O–H groups in total. The monoisotopic (exact) mass is 564 g/mol. The number of alkyl halides is 2. The minimum Gasteiger partial charge on any atom is -0.445 e. The number of ether oxygens (including phenoxy) is 1. The van der Waals surface area contributed by atoms with Gasteiger partial charge in [-0.3, -0.25) is 14.4 Å². The third-order valence-corrected chi connectivity index (χ3v) is 6.49. The molecule has 0 radical (unpaired) electrons. The number of aryl methyl sites for hydroxylation is 1. The molecule has 0 spiro atoms. The van der Waals surface area contributed by atoms with Crippen molar-refractivity contribution in [2.45, 2.75) is 57.7 Å². The van der Waals surface area contributed by atoms with E-state index in [0.29, 0.717) is 11.1 Å². The van der Waals surface area contributed by atoms with E-state index in [1.54, 1.807) is 98.8 Å². The molecule has 0 aliphatic carbocycles. The van der Waals surface area contributed by atoms with Crippen LogP contribution in [-0.4, -0.2) is 41.6 Å². The predicted molar refractivity (Wildman–Crippen MR) is 150 cm³/mol. The third-order valence-electron chi connectivity index (χ3n) is 6.49. The van der Waals surface area contributed by atoms with Crippen LogP contribution in [0.15, 0.2) is 91.0 Å². The van der Waals surface area contributed by atoms with Crippen molar-refractivity contribution in [2.75, 3.05) is 0 Å².